The summed E-state index contributed by atoms with van der Waals surface area (Å²) < 4.78 is 12.6. The molecule has 3 N–H and O–H groups in total. The Balaban J connectivity index is 5.73. The lowest BCUT2D eigenvalue weighted by molar-refractivity contribution is -0.504. The number of hydrogen-bond donors (Lipinski definition) is 3. The Morgan fingerprint density at radius 3 is 1.15 bits per heavy atom. The third kappa shape index (κ3) is 4.31. The molecular weight excluding hydrogens is 276 g/mol. The highest BCUT2D eigenvalue weighted by atomic mass is 16.9. The molecular formula is C11H12O9. The van der Waals surface area contributed by atoms with Crippen molar-refractivity contribution < 1.29 is 43.9 Å². The monoisotopic (exact) mass is 288 g/mol. The molecule has 110 valence electrons. The fourth-order valence-corrected chi connectivity index (χ4v) is 0.790. The summed E-state index contributed by atoms with van der Waals surface area (Å²) in [5, 5.41) is 27.4. The first-order chi connectivity index (χ1) is 9.11. The SMILES string of the molecule is C=CC(=O)OC(OC(=O)C=C)(OC(=O)C=C)C(O)(O)O. The van der Waals surface area contributed by atoms with Crippen LogP contribution in [0.5, 0.6) is 0 Å². The molecule has 0 fully saturated rings. The molecule has 0 bridgehead atoms. The van der Waals surface area contributed by atoms with Crippen molar-refractivity contribution >= 4 is 17.9 Å². The van der Waals surface area contributed by atoms with E-state index in [1.165, 1.54) is 0 Å². The maximum atomic E-state index is 11.1. The summed E-state index contributed by atoms with van der Waals surface area (Å²) in [5.41, 5.74) is 0. The zero-order valence-corrected chi connectivity index (χ0v) is 10.1. The molecule has 0 aromatic rings. The molecule has 0 spiro atoms. The van der Waals surface area contributed by atoms with Gasteiger partial charge < -0.3 is 29.5 Å². The van der Waals surface area contributed by atoms with Gasteiger partial charge in [0.1, 0.15) is 0 Å². The molecule has 0 aromatic carbocycles. The lowest BCUT2D eigenvalue weighted by Gasteiger charge is -2.34. The third-order valence-corrected chi connectivity index (χ3v) is 1.62. The molecule has 0 aliphatic carbocycles. The Morgan fingerprint density at radius 1 is 0.750 bits per heavy atom. The summed E-state index contributed by atoms with van der Waals surface area (Å²) in [6.07, 6.45) is 1.55. The second kappa shape index (κ2) is 6.61. The van der Waals surface area contributed by atoms with Crippen LogP contribution in [0.2, 0.25) is 0 Å². The van der Waals surface area contributed by atoms with E-state index in [1.54, 1.807) is 0 Å². The quantitative estimate of drug-likeness (QED) is 0.289. The summed E-state index contributed by atoms with van der Waals surface area (Å²) in [5.74, 6) is -11.9. The molecule has 20 heavy (non-hydrogen) atoms. The van der Waals surface area contributed by atoms with Gasteiger partial charge in [-0.2, -0.15) is 0 Å². The topological polar surface area (TPSA) is 140 Å². The predicted molar refractivity (Wildman–Crippen MR) is 61.0 cm³/mol. The number of rotatable bonds is 7. The van der Waals surface area contributed by atoms with Gasteiger partial charge in [-0.15, -0.1) is 0 Å². The number of hydrogen-bond acceptors (Lipinski definition) is 9. The molecule has 0 radical (unpaired) electrons. The summed E-state index contributed by atoms with van der Waals surface area (Å²) >= 11 is 0. The van der Waals surface area contributed by atoms with Gasteiger partial charge in [-0.1, -0.05) is 19.7 Å². The summed E-state index contributed by atoms with van der Waals surface area (Å²) in [6.45, 7) is 8.95. The number of carbonyl (C=O) groups is 3. The molecule has 0 aromatic heterocycles. The number of esters is 3. The Bertz CT molecular complexity index is 388. The highest BCUT2D eigenvalue weighted by molar-refractivity contribution is 5.85. The van der Waals surface area contributed by atoms with Gasteiger partial charge in [0.15, 0.2) is 0 Å². The van der Waals surface area contributed by atoms with Crippen LogP contribution in [0.1, 0.15) is 0 Å². The predicted octanol–water partition coefficient (Wildman–Crippen LogP) is -1.54. The van der Waals surface area contributed by atoms with E-state index in [2.05, 4.69) is 33.9 Å². The Morgan fingerprint density at radius 2 is 1.00 bits per heavy atom. The third-order valence-electron chi connectivity index (χ3n) is 1.62. The van der Waals surface area contributed by atoms with Gasteiger partial charge in [0, 0.05) is 18.2 Å². The smallest absolute Gasteiger partial charge is 0.378 e. The molecule has 0 amide bonds. The van der Waals surface area contributed by atoms with E-state index in [0.29, 0.717) is 18.2 Å². The zero-order chi connectivity index (χ0) is 16.0. The zero-order valence-electron chi connectivity index (χ0n) is 10.1. The second-order valence-corrected chi connectivity index (χ2v) is 3.07. The molecule has 9 heteroatoms. The molecule has 0 saturated heterocycles. The minimum atomic E-state index is -4.07. The molecule has 0 aliphatic rings. The lowest BCUT2D eigenvalue weighted by atomic mass is 10.4. The van der Waals surface area contributed by atoms with Gasteiger partial charge in [0.25, 0.3) is 0 Å². The normalized spacial score (nSPS) is 10.9. The van der Waals surface area contributed by atoms with Crippen LogP contribution in [0.3, 0.4) is 0 Å². The van der Waals surface area contributed by atoms with E-state index < -0.39 is 29.9 Å². The summed E-state index contributed by atoms with van der Waals surface area (Å²) in [4.78, 5) is 33.3. The Hall–Kier alpha value is -2.49. The fourth-order valence-electron chi connectivity index (χ4n) is 0.790. The fraction of sp³-hybridized carbons (Fsp3) is 0.182. The Labute approximate surface area is 113 Å². The minimum absolute atomic E-state index is 0.518. The molecule has 0 aliphatic heterocycles. The van der Waals surface area contributed by atoms with Crippen LogP contribution >= 0.6 is 0 Å². The van der Waals surface area contributed by atoms with Crippen LogP contribution in [0.25, 0.3) is 0 Å². The maximum absolute atomic E-state index is 11.1. The number of ether oxygens (including phenoxy) is 3. The van der Waals surface area contributed by atoms with Crippen LogP contribution in [0, 0.1) is 0 Å². The second-order valence-electron chi connectivity index (χ2n) is 3.07. The molecule has 0 rings (SSSR count). The van der Waals surface area contributed by atoms with E-state index in [1.807, 2.05) is 0 Å². The van der Waals surface area contributed by atoms with E-state index in [4.69, 9.17) is 15.3 Å². The first-order valence-corrected chi connectivity index (χ1v) is 4.85. The lowest BCUT2D eigenvalue weighted by Crippen LogP contribution is -2.61. The van der Waals surface area contributed by atoms with E-state index in [0.717, 1.165) is 0 Å². The largest absolute Gasteiger partial charge is 0.511 e. The Kier molecular flexibility index (Phi) is 5.79. The molecule has 9 nitrogen and oxygen atoms in total. The maximum Gasteiger partial charge on any atom is 0.511 e. The van der Waals surface area contributed by atoms with E-state index >= 15 is 0 Å². The summed E-state index contributed by atoms with van der Waals surface area (Å²) in [7, 11) is 0. The molecule has 0 unspecified atom stereocenters. The van der Waals surface area contributed by atoms with E-state index in [9.17, 15) is 14.4 Å². The van der Waals surface area contributed by atoms with Gasteiger partial charge in [-0.05, 0) is 0 Å². The van der Waals surface area contributed by atoms with Crippen LogP contribution in [-0.2, 0) is 28.6 Å². The first-order valence-electron chi connectivity index (χ1n) is 4.85. The van der Waals surface area contributed by atoms with Gasteiger partial charge >= 0.3 is 29.9 Å². The van der Waals surface area contributed by atoms with Gasteiger partial charge in [-0.25, -0.2) is 14.4 Å². The standard InChI is InChI=1S/C11H12O9/c1-4-7(12)18-11(10(15,16)17,19-8(13)5-2)20-9(14)6-3/h4-6,15-17H,1-3H2. The van der Waals surface area contributed by atoms with Crippen molar-refractivity contribution in [2.75, 3.05) is 0 Å². The van der Waals surface area contributed by atoms with Crippen molar-refractivity contribution in [1.29, 1.82) is 0 Å². The highest BCUT2D eigenvalue weighted by Crippen LogP contribution is 2.27. The average Bonchev–Trinajstić information content (AvgIpc) is 2.36. The average molecular weight is 288 g/mol. The van der Waals surface area contributed by atoms with Crippen molar-refractivity contribution in [3.8, 4) is 0 Å². The molecule has 0 saturated carbocycles. The van der Waals surface area contributed by atoms with E-state index in [-0.39, 0.29) is 0 Å². The van der Waals surface area contributed by atoms with Crippen molar-refractivity contribution in [3.63, 3.8) is 0 Å². The van der Waals surface area contributed by atoms with Crippen LogP contribution < -0.4 is 0 Å². The first kappa shape index (κ1) is 17.5. The number of aliphatic hydroxyl groups is 3. The van der Waals surface area contributed by atoms with Crippen LogP contribution in [0.15, 0.2) is 38.0 Å². The van der Waals surface area contributed by atoms with Gasteiger partial charge in [0.2, 0.25) is 0 Å². The molecule has 0 heterocycles. The minimum Gasteiger partial charge on any atom is -0.378 e. The van der Waals surface area contributed by atoms with Crippen LogP contribution in [0.4, 0.5) is 0 Å². The van der Waals surface area contributed by atoms with Crippen molar-refractivity contribution in [1.82, 2.24) is 0 Å². The molecule has 0 atom stereocenters. The summed E-state index contributed by atoms with van der Waals surface area (Å²) in [6, 6.07) is 0. The number of carbonyl (C=O) groups excluding carboxylic acids is 3. The highest BCUT2D eigenvalue weighted by Gasteiger charge is 2.62. The van der Waals surface area contributed by atoms with Gasteiger partial charge in [-0.3, -0.25) is 0 Å². The van der Waals surface area contributed by atoms with Crippen molar-refractivity contribution in [3.05, 3.63) is 38.0 Å². The van der Waals surface area contributed by atoms with Crippen molar-refractivity contribution in [2.24, 2.45) is 0 Å². The van der Waals surface area contributed by atoms with Gasteiger partial charge in [0.05, 0.1) is 0 Å². The van der Waals surface area contributed by atoms with Crippen molar-refractivity contribution in [2.45, 2.75) is 11.9 Å². The van der Waals surface area contributed by atoms with Crippen LogP contribution in [-0.4, -0.2) is 45.2 Å².